The van der Waals surface area contributed by atoms with Crippen LogP contribution in [-0.2, 0) is 70.6 Å². The highest BCUT2D eigenvalue weighted by atomic mass is 31.0. The van der Waals surface area contributed by atoms with E-state index in [1.54, 1.807) is 196 Å². The third-order valence-corrected chi connectivity index (χ3v) is 25.9. The number of hydrogen-bond donors (Lipinski definition) is 1. The molecule has 1 N–H and O–H groups in total. The molecule has 9 aliphatic rings. The fourth-order valence-electron chi connectivity index (χ4n) is 19.7. The zero-order chi connectivity index (χ0) is 77.3. The standard InChI is InChI=1S/C87H99NO21P2/c1-49-39-44-87(88-47-49)50(2)66-64(108-87)46-63-61-38-37-59-45-60(40-42-85(59,5)62(61)41-43-86(63,66)6)98-84-75(107-83-74(105-81(94)58-35-23-12-24-36-58)71(103-79(92)56-31-19-10-20-32-56)68(52(4)97-83)101-77(90)54-27-15-8-16-28-54)72(109-111)69(65(99-84)48-95-110)106-82-73(104-80(93)57-33-21-11-22-34-57)70(102-78(91)55-29-17-9-18-30-55)67(51(3)96-82)100-76(89)53-25-13-7-14-26-53/h7-37,49-52,60-75,82-84,88H,38-48,110-111H2,1-6H3/t49?,50-,51?,52?,60-,61?,62?,63?,64?,65?,66?,67?,68?,69-,70-,71-,72-,73?,74?,75?,82-,83-,84+,85-,86-,87?/m0/s1. The van der Waals surface area contributed by atoms with E-state index in [1.165, 1.54) is 12.0 Å². The average molecular weight is 1560 g/mol. The van der Waals surface area contributed by atoms with E-state index in [2.05, 4.69) is 58.0 Å². The van der Waals surface area contributed by atoms with E-state index < -0.39 is 134 Å². The second-order valence-corrected chi connectivity index (χ2v) is 32.5. The second kappa shape index (κ2) is 33.8. The van der Waals surface area contributed by atoms with Crippen LogP contribution >= 0.6 is 18.9 Å². The molecule has 5 saturated heterocycles. The molecule has 6 aromatic rings. The van der Waals surface area contributed by atoms with Gasteiger partial charge in [-0.25, -0.2) is 28.8 Å². The maximum Gasteiger partial charge on any atom is 0.338 e. The van der Waals surface area contributed by atoms with Crippen molar-refractivity contribution in [3.8, 4) is 0 Å². The van der Waals surface area contributed by atoms with E-state index >= 15 is 0 Å². The molecule has 15 rings (SSSR count). The molecule has 8 fully saturated rings. The van der Waals surface area contributed by atoms with Gasteiger partial charge >= 0.3 is 35.8 Å². The number of benzene rings is 6. The summed E-state index contributed by atoms with van der Waals surface area (Å²) in [6.45, 7) is 13.8. The largest absolute Gasteiger partial charge is 0.452 e. The number of nitrogens with one attached hydrogen (secondary N) is 1. The number of piperidine rings is 1. The lowest BCUT2D eigenvalue weighted by Gasteiger charge is -2.59. The summed E-state index contributed by atoms with van der Waals surface area (Å²) in [4.78, 5) is 87.6. The Labute approximate surface area is 652 Å². The van der Waals surface area contributed by atoms with Crippen molar-refractivity contribution in [3.05, 3.63) is 227 Å². The summed E-state index contributed by atoms with van der Waals surface area (Å²) in [7, 11) is 4.57. The number of allylic oxidation sites excluding steroid dienone is 1. The summed E-state index contributed by atoms with van der Waals surface area (Å²) in [6, 6.07) is 49.1. The number of carbonyl (C=O) groups is 6. The first-order chi connectivity index (χ1) is 53.7. The van der Waals surface area contributed by atoms with E-state index in [9.17, 15) is 28.8 Å². The third kappa shape index (κ3) is 16.1. The first-order valence-corrected chi connectivity index (χ1v) is 40.0. The highest BCUT2D eigenvalue weighted by Gasteiger charge is 2.69. The first-order valence-electron chi connectivity index (χ1n) is 39.0. The Balaban J connectivity index is 0.795. The van der Waals surface area contributed by atoms with Gasteiger partial charge in [-0.2, -0.15) is 0 Å². The monoisotopic (exact) mass is 1560 g/mol. The minimum Gasteiger partial charge on any atom is -0.452 e. The normalized spacial score (nSPS) is 36.8. The van der Waals surface area contributed by atoms with Crippen LogP contribution in [0.15, 0.2) is 194 Å². The Morgan fingerprint density at radius 2 is 0.883 bits per heavy atom. The summed E-state index contributed by atoms with van der Waals surface area (Å²) < 4.78 is 101. The van der Waals surface area contributed by atoms with Gasteiger partial charge in [0.05, 0.1) is 64.4 Å². The molecule has 6 aromatic carbocycles. The van der Waals surface area contributed by atoms with E-state index in [4.69, 9.17) is 70.6 Å². The summed E-state index contributed by atoms with van der Waals surface area (Å²) in [5.74, 6) is -2.12. The predicted octanol–water partition coefficient (Wildman–Crippen LogP) is 13.6. The topological polar surface area (TPSA) is 253 Å². The highest BCUT2D eigenvalue weighted by Crippen LogP contribution is 2.70. The number of esters is 6. The van der Waals surface area contributed by atoms with Crippen LogP contribution in [0.4, 0.5) is 0 Å². The molecule has 4 aliphatic carbocycles. The van der Waals surface area contributed by atoms with Crippen LogP contribution in [0.25, 0.3) is 0 Å². The number of fused-ring (bicyclic) bond motifs is 7. The van der Waals surface area contributed by atoms with Crippen molar-refractivity contribution < 1.29 is 99.4 Å². The van der Waals surface area contributed by atoms with Crippen molar-refractivity contribution in [1.29, 1.82) is 0 Å². The molecule has 0 aromatic heterocycles. The van der Waals surface area contributed by atoms with Crippen LogP contribution in [0.2, 0.25) is 0 Å². The molecule has 111 heavy (non-hydrogen) atoms. The number of ether oxygens (including phenoxy) is 13. The van der Waals surface area contributed by atoms with E-state index in [0.717, 1.165) is 45.1 Å². The van der Waals surface area contributed by atoms with E-state index in [1.807, 2.05) is 0 Å². The Kier molecular flexibility index (Phi) is 23.9. The molecule has 22 nitrogen and oxygen atoms in total. The minimum absolute atomic E-state index is 0.110. The van der Waals surface area contributed by atoms with Crippen molar-refractivity contribution in [2.75, 3.05) is 13.2 Å². The van der Waals surface area contributed by atoms with Gasteiger partial charge in [-0.15, -0.1) is 0 Å². The lowest BCUT2D eigenvalue weighted by atomic mass is 9.47. The molecule has 28 atom stereocenters. The van der Waals surface area contributed by atoms with Crippen molar-refractivity contribution in [2.45, 2.75) is 209 Å². The Morgan fingerprint density at radius 3 is 1.31 bits per heavy atom. The van der Waals surface area contributed by atoms with Crippen LogP contribution in [0.3, 0.4) is 0 Å². The van der Waals surface area contributed by atoms with Gasteiger partial charge in [-0.3, -0.25) is 5.32 Å². The molecule has 588 valence electrons. The lowest BCUT2D eigenvalue weighted by Crippen LogP contribution is -2.68. The molecule has 17 unspecified atom stereocenters. The van der Waals surface area contributed by atoms with Crippen molar-refractivity contribution in [3.63, 3.8) is 0 Å². The van der Waals surface area contributed by atoms with Crippen LogP contribution in [-0.4, -0.2) is 159 Å². The predicted molar refractivity (Wildman–Crippen MR) is 410 cm³/mol. The third-order valence-electron chi connectivity index (χ3n) is 25.4. The number of rotatable bonds is 21. The average Bonchev–Trinajstić information content (AvgIpc) is 1.55. The molecular weight excluding hydrogens is 1460 g/mol. The maximum absolute atomic E-state index is 14.9. The van der Waals surface area contributed by atoms with Crippen LogP contribution in [0.1, 0.15) is 161 Å². The highest BCUT2D eigenvalue weighted by molar-refractivity contribution is 7.10. The zero-order valence-corrected chi connectivity index (χ0v) is 65.5. The Bertz CT molecular complexity index is 4260. The smallest absolute Gasteiger partial charge is 0.338 e. The molecule has 24 heteroatoms. The van der Waals surface area contributed by atoms with Crippen molar-refractivity contribution >= 4 is 54.7 Å². The Hall–Kier alpha value is -7.66. The second-order valence-electron chi connectivity index (χ2n) is 31.9. The van der Waals surface area contributed by atoms with Crippen LogP contribution < -0.4 is 5.32 Å². The van der Waals surface area contributed by atoms with Crippen LogP contribution in [0, 0.1) is 46.3 Å². The van der Waals surface area contributed by atoms with Gasteiger partial charge in [-0.1, -0.05) is 149 Å². The van der Waals surface area contributed by atoms with Gasteiger partial charge in [0.2, 0.25) is 0 Å². The molecule has 0 bridgehead atoms. The summed E-state index contributed by atoms with van der Waals surface area (Å²) >= 11 is 0. The van der Waals surface area contributed by atoms with E-state index in [-0.39, 0.29) is 62.6 Å². The number of hydrogen-bond acceptors (Lipinski definition) is 22. The molecule has 0 amide bonds. The van der Waals surface area contributed by atoms with Gasteiger partial charge in [0.25, 0.3) is 0 Å². The van der Waals surface area contributed by atoms with Gasteiger partial charge in [-0.05, 0) is 185 Å². The molecule has 5 aliphatic heterocycles. The molecule has 3 saturated carbocycles. The first kappa shape index (κ1) is 78.6. The summed E-state index contributed by atoms with van der Waals surface area (Å²) in [6.07, 6.45) is -11.9. The molecule has 5 heterocycles. The summed E-state index contributed by atoms with van der Waals surface area (Å²) in [5.41, 5.74) is 1.89. The number of carbonyl (C=O) groups excluding carboxylic acids is 6. The fourth-order valence-corrected chi connectivity index (χ4v) is 20.2. The zero-order valence-electron chi connectivity index (χ0n) is 63.2. The van der Waals surface area contributed by atoms with Gasteiger partial charge in [0, 0.05) is 31.4 Å². The quantitative estimate of drug-likeness (QED) is 0.0304. The lowest BCUT2D eigenvalue weighted by molar-refractivity contribution is -0.383. The van der Waals surface area contributed by atoms with Gasteiger partial charge < -0.3 is 70.6 Å². The van der Waals surface area contributed by atoms with Crippen molar-refractivity contribution in [1.82, 2.24) is 5.32 Å². The molecule has 1 spiro atoms. The van der Waals surface area contributed by atoms with E-state index in [0.29, 0.717) is 48.3 Å². The van der Waals surface area contributed by atoms with Gasteiger partial charge in [0.15, 0.2) is 55.5 Å². The SMILES string of the molecule is CC1CCC2(NC1)OC1CC3C4CC=C5C[C@@H](O[C@@H]6OC(COP)[C@H](O[C@@H]7OC(C)C(OC(=O)c8ccccc8)[C@H](OC(=O)c8ccccc8)C7OC(=O)c7ccccc7)[C@H](OP)C6O[C@@H]6OC(C)C(OC(=O)c7ccccc7)[C@H](OC(=O)c7ccccc7)C6OC(=O)c6ccccc6)CC[C@]5(C)C4CC[C@]3(C)C1[C@@H]2C. The van der Waals surface area contributed by atoms with Gasteiger partial charge in [0.1, 0.15) is 30.1 Å². The molecule has 0 radical (unpaired) electrons. The minimum atomic E-state index is -1.76. The Morgan fingerprint density at radius 1 is 0.459 bits per heavy atom. The van der Waals surface area contributed by atoms with Crippen molar-refractivity contribution in [2.24, 2.45) is 46.3 Å². The fraction of sp³-hybridized carbons (Fsp3) is 0.494. The van der Waals surface area contributed by atoms with Crippen LogP contribution in [0.5, 0.6) is 0 Å². The maximum atomic E-state index is 14.9. The molecular formula is C87H99NO21P2. The summed E-state index contributed by atoms with van der Waals surface area (Å²) in [5, 5.41) is 3.92.